The van der Waals surface area contributed by atoms with Gasteiger partial charge >= 0.3 is 6.16 Å². The fourth-order valence-corrected chi connectivity index (χ4v) is 7.40. The van der Waals surface area contributed by atoms with Gasteiger partial charge in [0.05, 0.1) is 28.9 Å². The van der Waals surface area contributed by atoms with Crippen LogP contribution >= 0.6 is 0 Å². The van der Waals surface area contributed by atoms with E-state index in [4.69, 9.17) is 19.9 Å². The number of likely N-dealkylation sites (tertiary alicyclic amines) is 1. The Bertz CT molecular complexity index is 1950. The van der Waals surface area contributed by atoms with Gasteiger partial charge in [0.25, 0.3) is 0 Å². The first-order valence-electron chi connectivity index (χ1n) is 16.2. The van der Waals surface area contributed by atoms with Gasteiger partial charge in [-0.15, -0.1) is 0 Å². The SMILES string of the molecule is CCOc1cc(C(Nc2ccc3c(N)nccc3c2)C(=O)N2CCC(OC(=O)O)C2c2ccccc2S(=O)(=O)C(C)C)ccc1OC(C)C. The van der Waals surface area contributed by atoms with Crippen LogP contribution in [0.5, 0.6) is 11.5 Å². The molecule has 0 radical (unpaired) electrons. The Morgan fingerprint density at radius 3 is 2.49 bits per heavy atom. The number of carbonyl (C=O) groups is 2. The van der Waals surface area contributed by atoms with E-state index in [1.807, 2.05) is 39.0 Å². The molecule has 2 heterocycles. The summed E-state index contributed by atoms with van der Waals surface area (Å²) in [5, 5.41) is 13.8. The molecule has 13 heteroatoms. The first-order valence-corrected chi connectivity index (χ1v) is 17.7. The number of benzene rings is 3. The number of anilines is 2. The third-order valence-electron chi connectivity index (χ3n) is 8.36. The van der Waals surface area contributed by atoms with Crippen molar-refractivity contribution in [3.8, 4) is 11.5 Å². The first kappa shape index (κ1) is 35.3. The molecule has 4 N–H and O–H groups in total. The van der Waals surface area contributed by atoms with E-state index in [2.05, 4.69) is 10.3 Å². The summed E-state index contributed by atoms with van der Waals surface area (Å²) >= 11 is 0. The number of nitrogens with zero attached hydrogens (tertiary/aromatic N) is 2. The number of fused-ring (bicyclic) bond motifs is 1. The summed E-state index contributed by atoms with van der Waals surface area (Å²) in [6.07, 6.45) is -0.887. The van der Waals surface area contributed by atoms with Crippen LogP contribution in [-0.2, 0) is 19.4 Å². The van der Waals surface area contributed by atoms with Gasteiger partial charge in [-0.2, -0.15) is 0 Å². The lowest BCUT2D eigenvalue weighted by atomic mass is 9.99. The van der Waals surface area contributed by atoms with E-state index in [9.17, 15) is 23.1 Å². The molecule has 0 spiro atoms. The molecule has 49 heavy (non-hydrogen) atoms. The molecule has 4 aromatic rings. The number of hydrogen-bond acceptors (Lipinski definition) is 10. The highest BCUT2D eigenvalue weighted by Crippen LogP contribution is 2.41. The molecular formula is C36H42N4O8S. The number of nitrogens with two attached hydrogens (primary N) is 1. The molecule has 0 aliphatic carbocycles. The van der Waals surface area contributed by atoms with Crippen LogP contribution in [-0.4, -0.2) is 66.1 Å². The third kappa shape index (κ3) is 7.51. The summed E-state index contributed by atoms with van der Waals surface area (Å²) in [7, 11) is -3.82. The van der Waals surface area contributed by atoms with E-state index in [0.29, 0.717) is 35.2 Å². The number of amides is 1. The Hall–Kier alpha value is -5.04. The van der Waals surface area contributed by atoms with E-state index < -0.39 is 45.3 Å². The molecule has 12 nitrogen and oxygen atoms in total. The Balaban J connectivity index is 1.64. The second kappa shape index (κ2) is 14.6. The van der Waals surface area contributed by atoms with Crippen molar-refractivity contribution in [3.63, 3.8) is 0 Å². The Morgan fingerprint density at radius 2 is 1.80 bits per heavy atom. The molecule has 0 saturated carbocycles. The molecule has 3 unspecified atom stereocenters. The third-order valence-corrected chi connectivity index (χ3v) is 10.6. The summed E-state index contributed by atoms with van der Waals surface area (Å²) in [5.41, 5.74) is 7.53. The van der Waals surface area contributed by atoms with Crippen LogP contribution in [0.25, 0.3) is 10.8 Å². The summed E-state index contributed by atoms with van der Waals surface area (Å²) in [6, 6.07) is 16.9. The average Bonchev–Trinajstić information content (AvgIpc) is 3.46. The van der Waals surface area contributed by atoms with Gasteiger partial charge in [0.1, 0.15) is 18.0 Å². The fraction of sp³-hybridized carbons (Fsp3) is 0.361. The van der Waals surface area contributed by atoms with Crippen LogP contribution in [0.1, 0.15) is 64.3 Å². The quantitative estimate of drug-likeness (QED) is 0.141. The summed E-state index contributed by atoms with van der Waals surface area (Å²) < 4.78 is 44.3. The number of nitrogens with one attached hydrogen (secondary N) is 1. The monoisotopic (exact) mass is 690 g/mol. The van der Waals surface area contributed by atoms with Crippen LogP contribution in [0.4, 0.5) is 16.3 Å². The van der Waals surface area contributed by atoms with Gasteiger partial charge in [0.15, 0.2) is 21.3 Å². The van der Waals surface area contributed by atoms with Crippen LogP contribution in [0.2, 0.25) is 0 Å². The molecule has 1 aliphatic rings. The van der Waals surface area contributed by atoms with Crippen molar-refractivity contribution in [3.05, 3.63) is 84.1 Å². The smallest absolute Gasteiger partial charge is 0.490 e. The van der Waals surface area contributed by atoms with Crippen LogP contribution in [0.3, 0.4) is 0 Å². The van der Waals surface area contributed by atoms with Crippen molar-refractivity contribution < 1.29 is 37.3 Å². The maximum atomic E-state index is 14.9. The van der Waals surface area contributed by atoms with E-state index in [0.717, 1.165) is 10.8 Å². The molecule has 1 aliphatic heterocycles. The largest absolute Gasteiger partial charge is 0.506 e. The second-order valence-electron chi connectivity index (χ2n) is 12.3. The standard InChI is InChI=1S/C36H42N4O8S/c1-6-46-30-20-24(11-14-28(30)47-21(2)3)32(39-25-12-13-26-23(19-25)15-17-38-34(26)37)35(41)40-18-16-29(48-36(42)43)33(40)27-9-7-8-10-31(27)49(44,45)22(4)5/h7-15,17,19-22,29,32-33,39H,6,16,18H2,1-5H3,(H2,37,38)(H,42,43). The number of aromatic nitrogens is 1. The van der Waals surface area contributed by atoms with Gasteiger partial charge in [0, 0.05) is 30.2 Å². The minimum atomic E-state index is -3.82. The predicted molar refractivity (Wildman–Crippen MR) is 187 cm³/mol. The highest BCUT2D eigenvalue weighted by atomic mass is 32.2. The second-order valence-corrected chi connectivity index (χ2v) is 14.8. The van der Waals surface area contributed by atoms with Gasteiger partial charge in [-0.05, 0) is 93.6 Å². The lowest BCUT2D eigenvalue weighted by Crippen LogP contribution is -2.40. The number of carbonyl (C=O) groups excluding carboxylic acids is 1. The predicted octanol–water partition coefficient (Wildman–Crippen LogP) is 6.38. The molecule has 1 amide bonds. The molecule has 1 aromatic heterocycles. The number of ether oxygens (including phenoxy) is 3. The van der Waals surface area contributed by atoms with Crippen LogP contribution in [0, 0.1) is 0 Å². The van der Waals surface area contributed by atoms with Gasteiger partial charge in [-0.1, -0.05) is 24.3 Å². The van der Waals surface area contributed by atoms with Crippen molar-refractivity contribution >= 4 is 44.2 Å². The summed E-state index contributed by atoms with van der Waals surface area (Å²) in [6.45, 7) is 9.27. The molecule has 5 rings (SSSR count). The molecule has 3 atom stereocenters. The molecule has 0 bridgehead atoms. The van der Waals surface area contributed by atoms with Crippen molar-refractivity contribution in [1.29, 1.82) is 0 Å². The van der Waals surface area contributed by atoms with Gasteiger partial charge in [0.2, 0.25) is 5.91 Å². The molecular weight excluding hydrogens is 648 g/mol. The topological polar surface area (TPSA) is 170 Å². The van der Waals surface area contributed by atoms with E-state index in [-0.39, 0.29) is 29.5 Å². The minimum Gasteiger partial charge on any atom is -0.490 e. The van der Waals surface area contributed by atoms with Crippen molar-refractivity contribution in [2.45, 2.75) is 75.5 Å². The summed E-state index contributed by atoms with van der Waals surface area (Å²) in [5.74, 6) is 0.914. The summed E-state index contributed by atoms with van der Waals surface area (Å²) in [4.78, 5) is 32.4. The maximum absolute atomic E-state index is 14.9. The Labute approximate surface area is 286 Å². The zero-order valence-electron chi connectivity index (χ0n) is 28.1. The molecule has 260 valence electrons. The van der Waals surface area contributed by atoms with Crippen molar-refractivity contribution in [2.75, 3.05) is 24.2 Å². The number of carboxylic acid groups (broad SMARTS) is 1. The average molecular weight is 691 g/mol. The van der Waals surface area contributed by atoms with E-state index in [1.165, 1.54) is 11.0 Å². The van der Waals surface area contributed by atoms with Crippen molar-refractivity contribution in [2.24, 2.45) is 0 Å². The minimum absolute atomic E-state index is 0.0211. The van der Waals surface area contributed by atoms with E-state index >= 15 is 0 Å². The molecule has 3 aromatic carbocycles. The number of sulfone groups is 1. The van der Waals surface area contributed by atoms with Gasteiger partial charge in [-0.25, -0.2) is 18.2 Å². The number of pyridine rings is 1. The fourth-order valence-electron chi connectivity index (χ4n) is 6.11. The zero-order chi connectivity index (χ0) is 35.5. The highest BCUT2D eigenvalue weighted by molar-refractivity contribution is 7.92. The van der Waals surface area contributed by atoms with E-state index in [1.54, 1.807) is 62.5 Å². The van der Waals surface area contributed by atoms with Gasteiger partial charge in [-0.3, -0.25) is 4.79 Å². The highest BCUT2D eigenvalue weighted by Gasteiger charge is 2.45. The normalized spacial score (nSPS) is 16.9. The Kier molecular flexibility index (Phi) is 10.5. The lowest BCUT2D eigenvalue weighted by Gasteiger charge is -2.33. The zero-order valence-corrected chi connectivity index (χ0v) is 28.9. The number of hydrogen-bond donors (Lipinski definition) is 3. The molecule has 1 fully saturated rings. The van der Waals surface area contributed by atoms with Crippen LogP contribution in [0.15, 0.2) is 77.8 Å². The number of nitrogen functional groups attached to an aromatic ring is 1. The number of rotatable bonds is 12. The lowest BCUT2D eigenvalue weighted by molar-refractivity contribution is -0.134. The first-order chi connectivity index (χ1) is 23.3. The molecule has 1 saturated heterocycles. The van der Waals surface area contributed by atoms with Gasteiger partial charge < -0.3 is 35.3 Å². The van der Waals surface area contributed by atoms with Crippen molar-refractivity contribution in [1.82, 2.24) is 9.88 Å². The maximum Gasteiger partial charge on any atom is 0.506 e. The Morgan fingerprint density at radius 1 is 1.04 bits per heavy atom. The van der Waals surface area contributed by atoms with Crippen LogP contribution < -0.4 is 20.5 Å².